The number of hydrogen-bond donors (Lipinski definition) is 2. The lowest BCUT2D eigenvalue weighted by molar-refractivity contribution is -0.114. The average Bonchev–Trinajstić information content (AvgIpc) is 3.11. The van der Waals surface area contributed by atoms with Crippen molar-refractivity contribution in [2.45, 2.75) is 43.6 Å². The zero-order valence-electron chi connectivity index (χ0n) is 15.1. The highest BCUT2D eigenvalue weighted by atomic mass is 32.2. The second kappa shape index (κ2) is 8.87. The summed E-state index contributed by atoms with van der Waals surface area (Å²) in [7, 11) is -3.79. The number of carbonyl (C=O) groups is 1. The molecule has 0 spiro atoms. The van der Waals surface area contributed by atoms with E-state index in [9.17, 15) is 13.2 Å². The van der Waals surface area contributed by atoms with Gasteiger partial charge in [-0.15, -0.1) is 10.2 Å². The molecular weight excluding hydrogens is 386 g/mol. The van der Waals surface area contributed by atoms with Crippen molar-refractivity contribution in [3.05, 3.63) is 35.4 Å². The lowest BCUT2D eigenvalue weighted by Gasteiger charge is -2.27. The number of hydrogen-bond acceptors (Lipinski definition) is 7. The Kier molecular flexibility index (Phi) is 6.53. The zero-order valence-corrected chi connectivity index (χ0v) is 16.8. The summed E-state index contributed by atoms with van der Waals surface area (Å²) in [5.41, 5.74) is 2.07. The predicted octanol–water partition coefficient (Wildman–Crippen LogP) is 1.96. The number of anilines is 1. The van der Waals surface area contributed by atoms with Crippen LogP contribution in [0.15, 0.2) is 28.6 Å². The van der Waals surface area contributed by atoms with E-state index < -0.39 is 10.0 Å². The Hall–Kier alpha value is -1.88. The van der Waals surface area contributed by atoms with Crippen molar-refractivity contribution < 1.29 is 13.2 Å². The van der Waals surface area contributed by atoms with Crippen molar-refractivity contribution in [1.82, 2.24) is 19.8 Å². The van der Waals surface area contributed by atoms with Crippen LogP contribution in [0.2, 0.25) is 0 Å². The summed E-state index contributed by atoms with van der Waals surface area (Å²) in [6, 6.07) is 7.85. The second-order valence-electron chi connectivity index (χ2n) is 6.48. The molecular formula is C17H23N5O3S2. The molecule has 0 bridgehead atoms. The predicted molar refractivity (Wildman–Crippen MR) is 104 cm³/mol. The standard InChI is InChI=1S/C17H23N5O3S2/c1-13(23)19-16-20-21-17(26-16)27(24,25)18-11-14-7-3-4-8-15(14)12-22-9-5-2-6-10-22/h3-4,7-8,18H,2,5-6,9-12H2,1H3,(H,19,20,23). The zero-order chi connectivity index (χ0) is 19.3. The summed E-state index contributed by atoms with van der Waals surface area (Å²) in [6.45, 7) is 4.49. The third-order valence-electron chi connectivity index (χ3n) is 4.33. The van der Waals surface area contributed by atoms with Crippen LogP contribution in [-0.4, -0.2) is 42.5 Å². The quantitative estimate of drug-likeness (QED) is 0.678. The Labute approximate surface area is 163 Å². The first-order valence-corrected chi connectivity index (χ1v) is 11.1. The molecule has 146 valence electrons. The number of rotatable bonds is 7. The molecule has 3 rings (SSSR count). The molecule has 27 heavy (non-hydrogen) atoms. The van der Waals surface area contributed by atoms with Gasteiger partial charge in [0, 0.05) is 20.0 Å². The maximum absolute atomic E-state index is 12.5. The van der Waals surface area contributed by atoms with Crippen LogP contribution in [0, 0.1) is 0 Å². The first-order valence-electron chi connectivity index (χ1n) is 8.84. The molecule has 8 nitrogen and oxygen atoms in total. The fourth-order valence-corrected chi connectivity index (χ4v) is 4.99. The van der Waals surface area contributed by atoms with Crippen molar-refractivity contribution in [2.24, 2.45) is 0 Å². The first kappa shape index (κ1) is 19.9. The van der Waals surface area contributed by atoms with Crippen molar-refractivity contribution >= 4 is 32.4 Å². The fraction of sp³-hybridized carbons (Fsp3) is 0.471. The average molecular weight is 410 g/mol. The lowest BCUT2D eigenvalue weighted by atomic mass is 10.1. The number of nitrogens with one attached hydrogen (secondary N) is 2. The number of nitrogens with zero attached hydrogens (tertiary/aromatic N) is 3. The summed E-state index contributed by atoms with van der Waals surface area (Å²) in [6.07, 6.45) is 3.70. The highest BCUT2D eigenvalue weighted by molar-refractivity contribution is 7.91. The number of amides is 1. The Morgan fingerprint density at radius 2 is 1.85 bits per heavy atom. The van der Waals surface area contributed by atoms with Gasteiger partial charge in [0.1, 0.15) is 0 Å². The normalized spacial score (nSPS) is 15.6. The maximum Gasteiger partial charge on any atom is 0.270 e. The molecule has 0 aliphatic carbocycles. The van der Waals surface area contributed by atoms with E-state index in [4.69, 9.17) is 0 Å². The van der Waals surface area contributed by atoms with Gasteiger partial charge in [-0.3, -0.25) is 9.69 Å². The third kappa shape index (κ3) is 5.55. The molecule has 2 aromatic rings. The minimum atomic E-state index is -3.79. The number of piperidine rings is 1. The summed E-state index contributed by atoms with van der Waals surface area (Å²) >= 11 is 0.823. The number of benzene rings is 1. The topological polar surface area (TPSA) is 104 Å². The SMILES string of the molecule is CC(=O)Nc1nnc(S(=O)(=O)NCc2ccccc2CN2CCCCC2)s1. The molecule has 1 aliphatic heterocycles. The molecule has 0 radical (unpaired) electrons. The summed E-state index contributed by atoms with van der Waals surface area (Å²) in [5, 5.41) is 9.94. The molecule has 1 aliphatic rings. The molecule has 1 aromatic heterocycles. The Bertz CT molecular complexity index is 891. The number of likely N-dealkylation sites (tertiary alicyclic amines) is 1. The van der Waals surface area contributed by atoms with E-state index in [1.807, 2.05) is 24.3 Å². The van der Waals surface area contributed by atoms with Crippen LogP contribution in [0.4, 0.5) is 5.13 Å². The van der Waals surface area contributed by atoms with E-state index in [1.54, 1.807) is 0 Å². The van der Waals surface area contributed by atoms with Crippen molar-refractivity contribution in [3.8, 4) is 0 Å². The summed E-state index contributed by atoms with van der Waals surface area (Å²) in [5.74, 6) is -0.324. The highest BCUT2D eigenvalue weighted by Gasteiger charge is 2.21. The van der Waals surface area contributed by atoms with E-state index in [2.05, 4.69) is 25.1 Å². The van der Waals surface area contributed by atoms with Gasteiger partial charge in [0.25, 0.3) is 10.0 Å². The van der Waals surface area contributed by atoms with Gasteiger partial charge in [-0.25, -0.2) is 13.1 Å². The molecule has 0 atom stereocenters. The van der Waals surface area contributed by atoms with Gasteiger partial charge < -0.3 is 5.32 Å². The van der Waals surface area contributed by atoms with Crippen LogP contribution in [-0.2, 0) is 27.9 Å². The minimum absolute atomic E-state index is 0.161. The molecule has 2 heterocycles. The Morgan fingerprint density at radius 3 is 2.56 bits per heavy atom. The van der Waals surface area contributed by atoms with E-state index in [-0.39, 0.29) is 21.9 Å². The molecule has 0 saturated carbocycles. The van der Waals surface area contributed by atoms with Crippen LogP contribution in [0.3, 0.4) is 0 Å². The number of sulfonamides is 1. The van der Waals surface area contributed by atoms with E-state index in [0.29, 0.717) is 0 Å². The van der Waals surface area contributed by atoms with Gasteiger partial charge in [0.2, 0.25) is 15.4 Å². The fourth-order valence-electron chi connectivity index (χ4n) is 3.00. The van der Waals surface area contributed by atoms with Crippen molar-refractivity contribution in [2.75, 3.05) is 18.4 Å². The van der Waals surface area contributed by atoms with Crippen LogP contribution in [0.1, 0.15) is 37.3 Å². The second-order valence-corrected chi connectivity index (χ2v) is 9.40. The van der Waals surface area contributed by atoms with Crippen LogP contribution < -0.4 is 10.0 Å². The minimum Gasteiger partial charge on any atom is -0.301 e. The highest BCUT2D eigenvalue weighted by Crippen LogP contribution is 2.21. The maximum atomic E-state index is 12.5. The van der Waals surface area contributed by atoms with Gasteiger partial charge in [-0.1, -0.05) is 42.0 Å². The Balaban J connectivity index is 1.66. The van der Waals surface area contributed by atoms with Crippen LogP contribution in [0.25, 0.3) is 0 Å². The third-order valence-corrected chi connectivity index (χ3v) is 6.94. The summed E-state index contributed by atoms with van der Waals surface area (Å²) in [4.78, 5) is 13.4. The molecule has 2 N–H and O–H groups in total. The molecule has 1 saturated heterocycles. The van der Waals surface area contributed by atoms with Crippen LogP contribution >= 0.6 is 11.3 Å². The van der Waals surface area contributed by atoms with Gasteiger partial charge >= 0.3 is 0 Å². The first-order chi connectivity index (χ1) is 12.9. The number of aromatic nitrogens is 2. The molecule has 0 unspecified atom stereocenters. The van der Waals surface area contributed by atoms with Gasteiger partial charge in [-0.05, 0) is 37.1 Å². The van der Waals surface area contributed by atoms with E-state index >= 15 is 0 Å². The van der Waals surface area contributed by atoms with E-state index in [1.165, 1.54) is 26.2 Å². The molecule has 1 aromatic carbocycles. The van der Waals surface area contributed by atoms with Gasteiger partial charge in [0.05, 0.1) is 0 Å². The molecule has 1 amide bonds. The monoisotopic (exact) mass is 409 g/mol. The van der Waals surface area contributed by atoms with Crippen molar-refractivity contribution in [1.29, 1.82) is 0 Å². The number of carbonyl (C=O) groups excluding carboxylic acids is 1. The van der Waals surface area contributed by atoms with E-state index in [0.717, 1.165) is 42.1 Å². The van der Waals surface area contributed by atoms with Crippen LogP contribution in [0.5, 0.6) is 0 Å². The smallest absolute Gasteiger partial charge is 0.270 e. The van der Waals surface area contributed by atoms with Crippen molar-refractivity contribution in [3.63, 3.8) is 0 Å². The summed E-state index contributed by atoms with van der Waals surface area (Å²) < 4.78 is 27.4. The largest absolute Gasteiger partial charge is 0.301 e. The lowest BCUT2D eigenvalue weighted by Crippen LogP contribution is -2.30. The Morgan fingerprint density at radius 1 is 1.15 bits per heavy atom. The van der Waals surface area contributed by atoms with Gasteiger partial charge in [0.15, 0.2) is 0 Å². The molecule has 1 fully saturated rings. The molecule has 10 heteroatoms. The van der Waals surface area contributed by atoms with Gasteiger partial charge in [-0.2, -0.15) is 0 Å².